The van der Waals surface area contributed by atoms with E-state index in [1.54, 1.807) is 55.6 Å². The molecular weight excluding hydrogens is 344 g/mol. The summed E-state index contributed by atoms with van der Waals surface area (Å²) in [6.45, 7) is 2.67. The molecule has 0 saturated carbocycles. The van der Waals surface area contributed by atoms with E-state index in [1.807, 2.05) is 6.92 Å². The van der Waals surface area contributed by atoms with Crippen LogP contribution in [0.2, 0.25) is 0 Å². The summed E-state index contributed by atoms with van der Waals surface area (Å²) in [6, 6.07) is 13.6. The monoisotopic (exact) mass is 368 g/mol. The van der Waals surface area contributed by atoms with Crippen LogP contribution in [-0.4, -0.2) is 37.9 Å². The van der Waals surface area contributed by atoms with Crippen molar-refractivity contribution in [3.05, 3.63) is 59.7 Å². The van der Waals surface area contributed by atoms with Crippen molar-refractivity contribution in [3.8, 4) is 0 Å². The molecule has 142 valence electrons. The summed E-state index contributed by atoms with van der Waals surface area (Å²) in [5.41, 5.74) is 2.34. The van der Waals surface area contributed by atoms with Gasteiger partial charge in [0.2, 0.25) is 5.91 Å². The first kappa shape index (κ1) is 20.0. The third-order valence-corrected chi connectivity index (χ3v) is 3.77. The van der Waals surface area contributed by atoms with E-state index >= 15 is 0 Å². The molecule has 4 N–H and O–H groups in total. The van der Waals surface area contributed by atoms with Gasteiger partial charge in [0.15, 0.2) is 0 Å². The Labute approximate surface area is 158 Å². The van der Waals surface area contributed by atoms with Gasteiger partial charge in [-0.2, -0.15) is 0 Å². The highest BCUT2D eigenvalue weighted by molar-refractivity contribution is 5.97. The van der Waals surface area contributed by atoms with Crippen molar-refractivity contribution in [2.24, 2.45) is 0 Å². The molecule has 0 aliphatic heterocycles. The minimum absolute atomic E-state index is 0.0515. The summed E-state index contributed by atoms with van der Waals surface area (Å²) in [5, 5.41) is 11.1. The average molecular weight is 368 g/mol. The van der Waals surface area contributed by atoms with Gasteiger partial charge in [0.1, 0.15) is 0 Å². The summed E-state index contributed by atoms with van der Waals surface area (Å²) < 4.78 is 0. The van der Waals surface area contributed by atoms with Crippen LogP contribution >= 0.6 is 0 Å². The average Bonchev–Trinajstić information content (AvgIpc) is 2.70. The summed E-state index contributed by atoms with van der Waals surface area (Å²) in [5.74, 6) is -0.554. The number of anilines is 2. The fraction of sp³-hybridized carbons (Fsp3) is 0.250. The second kappa shape index (κ2) is 9.96. The molecule has 0 fully saturated rings. The van der Waals surface area contributed by atoms with E-state index in [0.29, 0.717) is 29.0 Å². The van der Waals surface area contributed by atoms with E-state index in [0.717, 1.165) is 6.42 Å². The Morgan fingerprint density at radius 2 is 1.63 bits per heavy atom. The first-order valence-corrected chi connectivity index (χ1v) is 8.77. The van der Waals surface area contributed by atoms with Gasteiger partial charge < -0.3 is 21.3 Å². The molecule has 2 aromatic rings. The molecule has 0 aromatic heterocycles. The fourth-order valence-corrected chi connectivity index (χ4v) is 2.35. The molecule has 0 aliphatic rings. The highest BCUT2D eigenvalue weighted by Gasteiger charge is 2.07. The number of hydrogen-bond donors (Lipinski definition) is 4. The van der Waals surface area contributed by atoms with Crippen molar-refractivity contribution in [2.45, 2.75) is 13.3 Å². The molecule has 0 bridgehead atoms. The molecule has 0 radical (unpaired) electrons. The van der Waals surface area contributed by atoms with Crippen LogP contribution in [0.4, 0.5) is 11.4 Å². The predicted molar refractivity (Wildman–Crippen MR) is 106 cm³/mol. The number of benzene rings is 2. The lowest BCUT2D eigenvalue weighted by atomic mass is 10.2. The van der Waals surface area contributed by atoms with Crippen LogP contribution in [0.25, 0.3) is 0 Å². The number of amides is 3. The lowest BCUT2D eigenvalue weighted by molar-refractivity contribution is -0.114. The number of carbonyl (C=O) groups is 3. The maximum absolute atomic E-state index is 12.1. The normalized spacial score (nSPS) is 10.0. The lowest BCUT2D eigenvalue weighted by Gasteiger charge is -2.09. The van der Waals surface area contributed by atoms with Crippen LogP contribution in [0.1, 0.15) is 34.1 Å². The number of hydrogen-bond acceptors (Lipinski definition) is 4. The van der Waals surface area contributed by atoms with Crippen molar-refractivity contribution in [1.29, 1.82) is 0 Å². The van der Waals surface area contributed by atoms with Crippen LogP contribution in [-0.2, 0) is 4.79 Å². The number of nitrogens with one attached hydrogen (secondary N) is 4. The molecule has 7 heteroatoms. The van der Waals surface area contributed by atoms with Gasteiger partial charge in [-0.25, -0.2) is 0 Å². The van der Waals surface area contributed by atoms with Crippen LogP contribution < -0.4 is 21.3 Å². The third kappa shape index (κ3) is 6.14. The summed E-state index contributed by atoms with van der Waals surface area (Å²) in [6.07, 6.45) is 0.874. The van der Waals surface area contributed by atoms with Gasteiger partial charge in [0, 0.05) is 36.1 Å². The Hall–Kier alpha value is -3.35. The maximum Gasteiger partial charge on any atom is 0.251 e. The van der Waals surface area contributed by atoms with Gasteiger partial charge in [0.25, 0.3) is 11.8 Å². The highest BCUT2D eigenvalue weighted by atomic mass is 16.2. The van der Waals surface area contributed by atoms with Gasteiger partial charge in [-0.3, -0.25) is 14.4 Å². The van der Waals surface area contributed by atoms with E-state index in [1.165, 1.54) is 0 Å². The maximum atomic E-state index is 12.1. The predicted octanol–water partition coefficient (Wildman–Crippen LogP) is 2.24. The zero-order chi connectivity index (χ0) is 19.6. The van der Waals surface area contributed by atoms with Crippen molar-refractivity contribution in [3.63, 3.8) is 0 Å². The lowest BCUT2D eigenvalue weighted by Crippen LogP contribution is -2.24. The summed E-state index contributed by atoms with van der Waals surface area (Å²) in [7, 11) is 1.56. The Morgan fingerprint density at radius 1 is 0.889 bits per heavy atom. The minimum Gasteiger partial charge on any atom is -0.376 e. The van der Waals surface area contributed by atoms with E-state index < -0.39 is 0 Å². The SMILES string of the molecule is CCCNC(=O)c1ccc(NC(=O)CNc2cccc(C(=O)NC)c2)cc1. The Morgan fingerprint density at radius 3 is 2.30 bits per heavy atom. The second-order valence-corrected chi connectivity index (χ2v) is 5.89. The van der Waals surface area contributed by atoms with Gasteiger partial charge in [0.05, 0.1) is 6.54 Å². The quantitative estimate of drug-likeness (QED) is 0.574. The molecular formula is C20H24N4O3. The molecule has 0 spiro atoms. The van der Waals surface area contributed by atoms with Crippen molar-refractivity contribution >= 4 is 29.1 Å². The smallest absolute Gasteiger partial charge is 0.251 e. The van der Waals surface area contributed by atoms with Crippen molar-refractivity contribution in [2.75, 3.05) is 30.8 Å². The van der Waals surface area contributed by atoms with Crippen molar-refractivity contribution in [1.82, 2.24) is 10.6 Å². The third-order valence-electron chi connectivity index (χ3n) is 3.77. The zero-order valence-electron chi connectivity index (χ0n) is 15.5. The van der Waals surface area contributed by atoms with Gasteiger partial charge in [-0.1, -0.05) is 13.0 Å². The largest absolute Gasteiger partial charge is 0.376 e. The Bertz CT molecular complexity index is 803. The van der Waals surface area contributed by atoms with E-state index in [-0.39, 0.29) is 24.3 Å². The van der Waals surface area contributed by atoms with E-state index in [9.17, 15) is 14.4 Å². The van der Waals surface area contributed by atoms with Gasteiger partial charge in [-0.15, -0.1) is 0 Å². The zero-order valence-corrected chi connectivity index (χ0v) is 15.5. The number of carbonyl (C=O) groups excluding carboxylic acids is 3. The van der Waals surface area contributed by atoms with Crippen LogP contribution in [0.3, 0.4) is 0 Å². The fourth-order valence-electron chi connectivity index (χ4n) is 2.35. The van der Waals surface area contributed by atoms with E-state index in [2.05, 4.69) is 21.3 Å². The van der Waals surface area contributed by atoms with Gasteiger partial charge >= 0.3 is 0 Å². The summed E-state index contributed by atoms with van der Waals surface area (Å²) in [4.78, 5) is 35.6. The molecule has 7 nitrogen and oxygen atoms in total. The van der Waals surface area contributed by atoms with Gasteiger partial charge in [-0.05, 0) is 48.9 Å². The number of rotatable bonds is 8. The Kier molecular flexibility index (Phi) is 7.37. The standard InChI is InChI=1S/C20H24N4O3/c1-3-11-22-20(27)14-7-9-16(10-8-14)24-18(25)13-23-17-6-4-5-15(12-17)19(26)21-2/h4-10,12,23H,3,11,13H2,1-2H3,(H,21,26)(H,22,27)(H,24,25). The molecule has 0 unspecified atom stereocenters. The highest BCUT2D eigenvalue weighted by Crippen LogP contribution is 2.12. The Balaban J connectivity index is 1.87. The second-order valence-electron chi connectivity index (χ2n) is 5.89. The van der Waals surface area contributed by atoms with Crippen LogP contribution in [0.15, 0.2) is 48.5 Å². The first-order valence-electron chi connectivity index (χ1n) is 8.77. The molecule has 0 saturated heterocycles. The van der Waals surface area contributed by atoms with E-state index in [4.69, 9.17) is 0 Å². The van der Waals surface area contributed by atoms with Crippen LogP contribution in [0.5, 0.6) is 0 Å². The first-order chi connectivity index (χ1) is 13.0. The molecule has 27 heavy (non-hydrogen) atoms. The summed E-state index contributed by atoms with van der Waals surface area (Å²) >= 11 is 0. The van der Waals surface area contributed by atoms with Crippen LogP contribution in [0, 0.1) is 0 Å². The molecule has 0 aliphatic carbocycles. The molecule has 2 rings (SSSR count). The molecule has 0 atom stereocenters. The topological polar surface area (TPSA) is 99.3 Å². The minimum atomic E-state index is -0.233. The molecule has 2 aromatic carbocycles. The molecule has 3 amide bonds. The van der Waals surface area contributed by atoms with Crippen molar-refractivity contribution < 1.29 is 14.4 Å². The molecule has 0 heterocycles.